The zero-order valence-electron chi connectivity index (χ0n) is 13.2. The number of piperazine rings is 1. The molecule has 1 aliphatic heterocycles. The summed E-state index contributed by atoms with van der Waals surface area (Å²) in [6, 6.07) is 3.76. The number of hydrogen-bond donors (Lipinski definition) is 0. The van der Waals surface area contributed by atoms with Gasteiger partial charge in [0.05, 0.1) is 5.75 Å². The molecule has 0 aliphatic carbocycles. The van der Waals surface area contributed by atoms with Crippen LogP contribution in [0.3, 0.4) is 0 Å². The van der Waals surface area contributed by atoms with E-state index in [1.165, 1.54) is 11.8 Å². The first-order valence-electron chi connectivity index (χ1n) is 7.50. The van der Waals surface area contributed by atoms with Crippen LogP contribution in [0.25, 0.3) is 11.2 Å². The fourth-order valence-corrected chi connectivity index (χ4v) is 3.50. The summed E-state index contributed by atoms with van der Waals surface area (Å²) in [7, 11) is 1.90. The summed E-state index contributed by atoms with van der Waals surface area (Å²) >= 11 is 1.42. The Hall–Kier alpha value is -2.09. The zero-order chi connectivity index (χ0) is 16.4. The molecule has 7 nitrogen and oxygen atoms in total. The van der Waals surface area contributed by atoms with E-state index in [1.807, 2.05) is 28.6 Å². The van der Waals surface area contributed by atoms with E-state index in [4.69, 9.17) is 0 Å². The van der Waals surface area contributed by atoms with E-state index < -0.39 is 0 Å². The quantitative estimate of drug-likeness (QED) is 0.775. The molecule has 23 heavy (non-hydrogen) atoms. The molecule has 8 heteroatoms. The highest BCUT2D eigenvalue weighted by atomic mass is 32.2. The average Bonchev–Trinajstić information content (AvgIpc) is 2.89. The fraction of sp³-hybridized carbons (Fsp3) is 0.467. The standard InChI is InChI=1S/C15H19N5O2S/c1-11(21)19-6-8-20(9-7-19)13(22)10-23-15-17-12-4-3-5-16-14(12)18(15)2/h3-5H,6-10H2,1-2H3. The first-order chi connectivity index (χ1) is 11.1. The monoisotopic (exact) mass is 333 g/mol. The number of rotatable bonds is 3. The summed E-state index contributed by atoms with van der Waals surface area (Å²) in [4.78, 5) is 36.0. The van der Waals surface area contributed by atoms with Gasteiger partial charge in [-0.3, -0.25) is 9.59 Å². The number of carbonyl (C=O) groups excluding carboxylic acids is 2. The number of hydrogen-bond acceptors (Lipinski definition) is 5. The molecule has 0 N–H and O–H groups in total. The number of fused-ring (bicyclic) bond motifs is 1. The number of nitrogens with zero attached hydrogens (tertiary/aromatic N) is 5. The van der Waals surface area contributed by atoms with Gasteiger partial charge < -0.3 is 14.4 Å². The second-order valence-corrected chi connectivity index (χ2v) is 6.42. The number of pyridine rings is 1. The minimum Gasteiger partial charge on any atom is -0.339 e. The SMILES string of the molecule is CC(=O)N1CCN(C(=O)CSc2nc3cccnc3n2C)CC1. The third kappa shape index (κ3) is 3.31. The van der Waals surface area contributed by atoms with Crippen molar-refractivity contribution in [2.45, 2.75) is 12.1 Å². The molecule has 122 valence electrons. The van der Waals surface area contributed by atoms with Gasteiger partial charge in [-0.1, -0.05) is 11.8 Å². The Balaban J connectivity index is 1.58. The van der Waals surface area contributed by atoms with Crippen molar-refractivity contribution in [3.05, 3.63) is 18.3 Å². The first kappa shape index (κ1) is 15.8. The van der Waals surface area contributed by atoms with Gasteiger partial charge in [0.1, 0.15) is 5.52 Å². The molecule has 0 spiro atoms. The fourth-order valence-electron chi connectivity index (χ4n) is 2.62. The maximum Gasteiger partial charge on any atom is 0.233 e. The first-order valence-corrected chi connectivity index (χ1v) is 8.48. The van der Waals surface area contributed by atoms with Crippen molar-refractivity contribution in [1.29, 1.82) is 0 Å². The molecule has 2 aromatic heterocycles. The zero-order valence-corrected chi connectivity index (χ0v) is 14.0. The Bertz CT molecular complexity index is 737. The van der Waals surface area contributed by atoms with Gasteiger partial charge in [0, 0.05) is 46.3 Å². The van der Waals surface area contributed by atoms with Gasteiger partial charge in [-0.15, -0.1) is 0 Å². The van der Waals surface area contributed by atoms with Crippen molar-refractivity contribution in [3.63, 3.8) is 0 Å². The van der Waals surface area contributed by atoms with E-state index >= 15 is 0 Å². The predicted octanol–water partition coefficient (Wildman–Crippen LogP) is 0.751. The second kappa shape index (κ2) is 6.57. The lowest BCUT2D eigenvalue weighted by Gasteiger charge is -2.34. The van der Waals surface area contributed by atoms with Gasteiger partial charge in [0.2, 0.25) is 11.8 Å². The average molecular weight is 333 g/mol. The highest BCUT2D eigenvalue weighted by Gasteiger charge is 2.22. The normalized spacial score (nSPS) is 15.2. The molecular formula is C15H19N5O2S. The van der Waals surface area contributed by atoms with Gasteiger partial charge in [-0.2, -0.15) is 0 Å². The summed E-state index contributed by atoms with van der Waals surface area (Å²) in [6.07, 6.45) is 1.73. The molecule has 0 saturated carbocycles. The number of aryl methyl sites for hydroxylation is 1. The van der Waals surface area contributed by atoms with Crippen LogP contribution in [0, 0.1) is 0 Å². The van der Waals surface area contributed by atoms with Crippen LogP contribution in [0.1, 0.15) is 6.92 Å². The van der Waals surface area contributed by atoms with Gasteiger partial charge in [0.15, 0.2) is 10.8 Å². The number of amides is 2. The van der Waals surface area contributed by atoms with Gasteiger partial charge in [-0.05, 0) is 12.1 Å². The molecule has 2 amide bonds. The molecule has 0 bridgehead atoms. The minimum atomic E-state index is 0.0682. The molecule has 3 rings (SSSR count). The van der Waals surface area contributed by atoms with Crippen molar-refractivity contribution in [2.75, 3.05) is 31.9 Å². The Morgan fingerprint density at radius 3 is 2.57 bits per heavy atom. The van der Waals surface area contributed by atoms with Crippen LogP contribution in [0.2, 0.25) is 0 Å². The summed E-state index contributed by atoms with van der Waals surface area (Å²) in [5.74, 6) is 0.494. The van der Waals surface area contributed by atoms with E-state index in [1.54, 1.807) is 18.0 Å². The van der Waals surface area contributed by atoms with Crippen LogP contribution >= 0.6 is 11.8 Å². The van der Waals surface area contributed by atoms with Gasteiger partial charge >= 0.3 is 0 Å². The summed E-state index contributed by atoms with van der Waals surface area (Å²) in [6.45, 7) is 3.99. The van der Waals surface area contributed by atoms with E-state index in [2.05, 4.69) is 9.97 Å². The van der Waals surface area contributed by atoms with E-state index in [-0.39, 0.29) is 11.8 Å². The highest BCUT2D eigenvalue weighted by molar-refractivity contribution is 7.99. The van der Waals surface area contributed by atoms with E-state index in [9.17, 15) is 9.59 Å². The lowest BCUT2D eigenvalue weighted by atomic mass is 10.3. The van der Waals surface area contributed by atoms with E-state index in [0.717, 1.165) is 16.3 Å². The summed E-state index contributed by atoms with van der Waals surface area (Å²) in [5.41, 5.74) is 1.65. The van der Waals surface area contributed by atoms with Crippen LogP contribution in [-0.2, 0) is 16.6 Å². The summed E-state index contributed by atoms with van der Waals surface area (Å²) < 4.78 is 1.90. The maximum atomic E-state index is 12.3. The van der Waals surface area contributed by atoms with Crippen molar-refractivity contribution >= 4 is 34.7 Å². The van der Waals surface area contributed by atoms with Gasteiger partial charge in [0.25, 0.3) is 0 Å². The van der Waals surface area contributed by atoms with Crippen LogP contribution in [-0.4, -0.2) is 68.1 Å². The van der Waals surface area contributed by atoms with Crippen LogP contribution < -0.4 is 0 Å². The maximum absolute atomic E-state index is 12.3. The molecule has 0 aromatic carbocycles. The molecule has 0 atom stereocenters. The molecule has 1 aliphatic rings. The number of aromatic nitrogens is 3. The number of carbonyl (C=O) groups is 2. The van der Waals surface area contributed by atoms with Crippen molar-refractivity contribution in [1.82, 2.24) is 24.3 Å². The van der Waals surface area contributed by atoms with Gasteiger partial charge in [-0.25, -0.2) is 9.97 Å². The molecule has 2 aromatic rings. The van der Waals surface area contributed by atoms with Crippen LogP contribution in [0.15, 0.2) is 23.5 Å². The molecule has 1 saturated heterocycles. The Morgan fingerprint density at radius 1 is 1.22 bits per heavy atom. The van der Waals surface area contributed by atoms with E-state index in [0.29, 0.717) is 31.9 Å². The third-order valence-corrected chi connectivity index (χ3v) is 5.00. The minimum absolute atomic E-state index is 0.0682. The Morgan fingerprint density at radius 2 is 1.91 bits per heavy atom. The lowest BCUT2D eigenvalue weighted by Crippen LogP contribution is -2.50. The van der Waals surface area contributed by atoms with Crippen molar-refractivity contribution in [3.8, 4) is 0 Å². The predicted molar refractivity (Wildman–Crippen MR) is 88.1 cm³/mol. The number of imidazole rings is 1. The topological polar surface area (TPSA) is 71.3 Å². The third-order valence-electron chi connectivity index (χ3n) is 3.99. The molecule has 0 radical (unpaired) electrons. The number of thioether (sulfide) groups is 1. The molecule has 1 fully saturated rings. The van der Waals surface area contributed by atoms with Crippen LogP contribution in [0.4, 0.5) is 0 Å². The summed E-state index contributed by atoms with van der Waals surface area (Å²) in [5, 5.41) is 0.787. The van der Waals surface area contributed by atoms with Crippen molar-refractivity contribution < 1.29 is 9.59 Å². The second-order valence-electron chi connectivity index (χ2n) is 5.48. The van der Waals surface area contributed by atoms with Crippen LogP contribution in [0.5, 0.6) is 0 Å². The smallest absolute Gasteiger partial charge is 0.233 e. The Kier molecular flexibility index (Phi) is 4.51. The molecule has 0 unspecified atom stereocenters. The van der Waals surface area contributed by atoms with Crippen molar-refractivity contribution in [2.24, 2.45) is 7.05 Å². The largest absolute Gasteiger partial charge is 0.339 e. The molecule has 3 heterocycles. The highest BCUT2D eigenvalue weighted by Crippen LogP contribution is 2.21. The Labute approximate surface area is 138 Å². The lowest BCUT2D eigenvalue weighted by molar-refractivity contribution is -0.136. The molecular weight excluding hydrogens is 314 g/mol.